The van der Waals surface area contributed by atoms with Gasteiger partial charge in [-0.15, -0.1) is 0 Å². The third-order valence-electron chi connectivity index (χ3n) is 2.69. The molecule has 0 bridgehead atoms. The highest BCUT2D eigenvalue weighted by atomic mass is 16.2. The van der Waals surface area contributed by atoms with Crippen molar-refractivity contribution in [2.45, 2.75) is 13.3 Å². The Labute approximate surface area is 73.1 Å². The first-order valence-corrected chi connectivity index (χ1v) is 4.34. The van der Waals surface area contributed by atoms with Crippen LogP contribution in [-0.2, 0) is 4.79 Å². The van der Waals surface area contributed by atoms with Crippen molar-refractivity contribution in [1.82, 2.24) is 10.3 Å². The molecule has 2 unspecified atom stereocenters. The van der Waals surface area contributed by atoms with Gasteiger partial charge in [0.25, 0.3) is 0 Å². The van der Waals surface area contributed by atoms with Gasteiger partial charge >= 0.3 is 0 Å². The monoisotopic (exact) mass is 171 g/mol. The quantitative estimate of drug-likeness (QED) is 0.336. The van der Waals surface area contributed by atoms with Crippen molar-refractivity contribution in [3.8, 4) is 0 Å². The topological polar surface area (TPSA) is 58.4 Å². The lowest BCUT2D eigenvalue weighted by Crippen LogP contribution is -2.38. The van der Waals surface area contributed by atoms with Crippen LogP contribution in [0, 0.1) is 11.8 Å². The fraction of sp³-hybridized carbons (Fsp3) is 0.875. The number of nitrogens with zero attached hydrogens (tertiary/aromatic N) is 1. The highest BCUT2D eigenvalue weighted by Crippen LogP contribution is 2.22. The maximum absolute atomic E-state index is 11.2. The molecule has 1 aliphatic rings. The van der Waals surface area contributed by atoms with Crippen LogP contribution in [0.15, 0.2) is 0 Å². The number of nitrogens with two attached hydrogens (primary N) is 1. The summed E-state index contributed by atoms with van der Waals surface area (Å²) in [7, 11) is 2.08. The molecule has 0 saturated carbocycles. The number of likely N-dealkylation sites (tertiary alicyclic amines) is 1. The van der Waals surface area contributed by atoms with Crippen LogP contribution in [0.4, 0.5) is 0 Å². The van der Waals surface area contributed by atoms with Crippen molar-refractivity contribution in [3.63, 3.8) is 0 Å². The van der Waals surface area contributed by atoms with Crippen molar-refractivity contribution >= 4 is 5.91 Å². The second-order valence-corrected chi connectivity index (χ2v) is 3.61. The molecule has 12 heavy (non-hydrogen) atoms. The van der Waals surface area contributed by atoms with E-state index in [1.807, 2.05) is 6.92 Å². The van der Waals surface area contributed by atoms with Gasteiger partial charge in [-0.2, -0.15) is 0 Å². The summed E-state index contributed by atoms with van der Waals surface area (Å²) in [5.41, 5.74) is 2.20. The van der Waals surface area contributed by atoms with Crippen molar-refractivity contribution in [2.75, 3.05) is 20.1 Å². The Hall–Kier alpha value is -0.610. The summed E-state index contributed by atoms with van der Waals surface area (Å²) in [6, 6.07) is 0. The molecule has 4 heteroatoms. The lowest BCUT2D eigenvalue weighted by molar-refractivity contribution is -0.126. The third-order valence-corrected chi connectivity index (χ3v) is 2.69. The predicted octanol–water partition coefficient (Wildman–Crippen LogP) is -0.436. The fourth-order valence-electron chi connectivity index (χ4n) is 1.72. The zero-order chi connectivity index (χ0) is 9.14. The maximum Gasteiger partial charge on any atom is 0.237 e. The van der Waals surface area contributed by atoms with E-state index in [0.717, 1.165) is 19.5 Å². The van der Waals surface area contributed by atoms with Crippen molar-refractivity contribution in [2.24, 2.45) is 17.7 Å². The fourth-order valence-corrected chi connectivity index (χ4v) is 1.72. The molecule has 1 amide bonds. The van der Waals surface area contributed by atoms with E-state index in [-0.39, 0.29) is 11.8 Å². The maximum atomic E-state index is 11.2. The predicted molar refractivity (Wildman–Crippen MR) is 47.1 cm³/mol. The minimum Gasteiger partial charge on any atom is -0.306 e. The van der Waals surface area contributed by atoms with Crippen LogP contribution in [0.5, 0.6) is 0 Å². The Balaban J connectivity index is 2.42. The third kappa shape index (κ3) is 1.95. The summed E-state index contributed by atoms with van der Waals surface area (Å²) in [6.45, 7) is 4.04. The first-order chi connectivity index (χ1) is 5.65. The summed E-state index contributed by atoms with van der Waals surface area (Å²) >= 11 is 0. The van der Waals surface area contributed by atoms with Gasteiger partial charge in [-0.3, -0.25) is 10.2 Å². The molecule has 1 heterocycles. The number of rotatable bonds is 2. The Bertz CT molecular complexity index is 172. The minimum atomic E-state index is -0.0460. The molecule has 1 saturated heterocycles. The summed E-state index contributed by atoms with van der Waals surface area (Å²) in [5.74, 6) is 5.53. The first kappa shape index (κ1) is 9.48. The number of hydrazine groups is 1. The van der Waals surface area contributed by atoms with Gasteiger partial charge < -0.3 is 4.90 Å². The smallest absolute Gasteiger partial charge is 0.237 e. The standard InChI is InChI=1S/C8H17N3O/c1-6(8(12)10-9)7-3-4-11(2)5-7/h6-7H,3-5,9H2,1-2H3,(H,10,12). The van der Waals surface area contributed by atoms with Gasteiger partial charge in [0, 0.05) is 12.5 Å². The molecule has 0 radical (unpaired) electrons. The Morgan fingerprint density at radius 2 is 2.42 bits per heavy atom. The second-order valence-electron chi connectivity index (χ2n) is 3.61. The van der Waals surface area contributed by atoms with Gasteiger partial charge in [-0.25, -0.2) is 5.84 Å². The van der Waals surface area contributed by atoms with E-state index in [4.69, 9.17) is 5.84 Å². The minimum absolute atomic E-state index is 0.0416. The lowest BCUT2D eigenvalue weighted by Gasteiger charge is -2.16. The molecule has 0 aromatic carbocycles. The highest BCUT2D eigenvalue weighted by Gasteiger charge is 2.28. The Kier molecular flexibility index (Phi) is 3.05. The number of nitrogens with one attached hydrogen (secondary N) is 1. The molecular formula is C8H17N3O. The summed E-state index contributed by atoms with van der Waals surface area (Å²) in [6.07, 6.45) is 1.10. The zero-order valence-electron chi connectivity index (χ0n) is 7.71. The van der Waals surface area contributed by atoms with Crippen LogP contribution in [0.1, 0.15) is 13.3 Å². The van der Waals surface area contributed by atoms with Gasteiger partial charge in [0.05, 0.1) is 0 Å². The van der Waals surface area contributed by atoms with Crippen LogP contribution in [0.2, 0.25) is 0 Å². The van der Waals surface area contributed by atoms with Crippen LogP contribution in [0.3, 0.4) is 0 Å². The van der Waals surface area contributed by atoms with Crippen LogP contribution in [-0.4, -0.2) is 30.9 Å². The first-order valence-electron chi connectivity index (χ1n) is 4.34. The lowest BCUT2D eigenvalue weighted by atomic mass is 9.93. The van der Waals surface area contributed by atoms with Crippen molar-refractivity contribution in [1.29, 1.82) is 0 Å². The SMILES string of the molecule is CC(C(=O)NN)C1CCN(C)C1. The van der Waals surface area contributed by atoms with Crippen molar-refractivity contribution in [3.05, 3.63) is 0 Å². The Morgan fingerprint density at radius 3 is 2.83 bits per heavy atom. The molecule has 0 spiro atoms. The van der Waals surface area contributed by atoms with Crippen LogP contribution >= 0.6 is 0 Å². The van der Waals surface area contributed by atoms with Gasteiger partial charge in [0.2, 0.25) is 5.91 Å². The van der Waals surface area contributed by atoms with Gasteiger partial charge in [-0.05, 0) is 25.9 Å². The largest absolute Gasteiger partial charge is 0.306 e. The molecule has 0 aromatic rings. The zero-order valence-corrected chi connectivity index (χ0v) is 7.71. The van der Waals surface area contributed by atoms with Gasteiger partial charge in [0.15, 0.2) is 0 Å². The second kappa shape index (κ2) is 3.87. The summed E-state index contributed by atoms with van der Waals surface area (Å²) in [4.78, 5) is 13.4. The van der Waals surface area contributed by atoms with Crippen LogP contribution < -0.4 is 11.3 Å². The molecule has 70 valence electrons. The Morgan fingerprint density at radius 1 is 1.75 bits per heavy atom. The van der Waals surface area contributed by atoms with E-state index in [1.165, 1.54) is 0 Å². The molecule has 2 atom stereocenters. The molecule has 0 aromatic heterocycles. The van der Waals surface area contributed by atoms with E-state index in [0.29, 0.717) is 5.92 Å². The molecule has 1 aliphatic heterocycles. The van der Waals surface area contributed by atoms with Crippen LogP contribution in [0.25, 0.3) is 0 Å². The number of hydrogen-bond donors (Lipinski definition) is 2. The molecule has 4 nitrogen and oxygen atoms in total. The number of hydrogen-bond acceptors (Lipinski definition) is 3. The molecule has 1 fully saturated rings. The normalized spacial score (nSPS) is 27.1. The highest BCUT2D eigenvalue weighted by molar-refractivity contribution is 5.77. The summed E-state index contributed by atoms with van der Waals surface area (Å²) < 4.78 is 0. The molecular weight excluding hydrogens is 154 g/mol. The summed E-state index contributed by atoms with van der Waals surface area (Å²) in [5, 5.41) is 0. The van der Waals surface area contributed by atoms with E-state index < -0.39 is 0 Å². The average molecular weight is 171 g/mol. The number of carbonyl (C=O) groups excluding carboxylic acids is 1. The average Bonchev–Trinajstić information content (AvgIpc) is 2.49. The van der Waals surface area contributed by atoms with E-state index >= 15 is 0 Å². The van der Waals surface area contributed by atoms with Crippen molar-refractivity contribution < 1.29 is 4.79 Å². The molecule has 3 N–H and O–H groups in total. The van der Waals surface area contributed by atoms with E-state index in [2.05, 4.69) is 17.4 Å². The number of carbonyl (C=O) groups is 1. The van der Waals surface area contributed by atoms with E-state index in [1.54, 1.807) is 0 Å². The number of amides is 1. The molecule has 0 aliphatic carbocycles. The van der Waals surface area contributed by atoms with Gasteiger partial charge in [0.1, 0.15) is 0 Å². The van der Waals surface area contributed by atoms with Gasteiger partial charge in [-0.1, -0.05) is 6.92 Å². The molecule has 1 rings (SSSR count). The van der Waals surface area contributed by atoms with E-state index in [9.17, 15) is 4.79 Å².